The highest BCUT2D eigenvalue weighted by Gasteiger charge is 2.26. The molecular weight excluding hydrogens is 248 g/mol. The molecule has 3 nitrogen and oxygen atoms in total. The molecule has 1 aliphatic heterocycles. The third-order valence-corrected chi connectivity index (χ3v) is 3.74. The number of carbonyl (C=O) groups excluding carboxylic acids is 1. The summed E-state index contributed by atoms with van der Waals surface area (Å²) >= 11 is 6.19. The second-order valence-corrected chi connectivity index (χ2v) is 5.58. The highest BCUT2D eigenvalue weighted by molar-refractivity contribution is 6.34. The minimum Gasteiger partial charge on any atom is -0.324 e. The predicted octanol–water partition coefficient (Wildman–Crippen LogP) is 2.85. The standard InChI is InChI=1S/C14H19ClN2O/c1-9-6-10(2)13(12(15)7-9)16-14(18)11-4-5-17(3)8-11/h6-7,11H,4-5,8H2,1-3H3,(H,16,18). The Balaban J connectivity index is 2.12. The molecule has 1 heterocycles. The Labute approximate surface area is 113 Å². The minimum atomic E-state index is 0.0757. The van der Waals surface area contributed by atoms with E-state index in [2.05, 4.69) is 10.2 Å². The quantitative estimate of drug-likeness (QED) is 0.893. The Bertz CT molecular complexity index is 450. The summed E-state index contributed by atoms with van der Waals surface area (Å²) in [6, 6.07) is 3.91. The van der Waals surface area contributed by atoms with Crippen LogP contribution in [-0.2, 0) is 4.79 Å². The Kier molecular flexibility index (Phi) is 3.93. The number of rotatable bonds is 2. The molecule has 1 fully saturated rings. The van der Waals surface area contributed by atoms with Gasteiger partial charge in [-0.3, -0.25) is 4.79 Å². The zero-order chi connectivity index (χ0) is 13.3. The average Bonchev–Trinajstić information content (AvgIpc) is 2.70. The topological polar surface area (TPSA) is 32.3 Å². The fraction of sp³-hybridized carbons (Fsp3) is 0.500. The van der Waals surface area contributed by atoms with Gasteiger partial charge < -0.3 is 10.2 Å². The van der Waals surface area contributed by atoms with Crippen LogP contribution < -0.4 is 5.32 Å². The average molecular weight is 267 g/mol. The van der Waals surface area contributed by atoms with Crippen LogP contribution in [0.2, 0.25) is 5.02 Å². The van der Waals surface area contributed by atoms with E-state index >= 15 is 0 Å². The summed E-state index contributed by atoms with van der Waals surface area (Å²) in [5.41, 5.74) is 2.87. The molecule has 0 spiro atoms. The number of halogens is 1. The molecule has 1 unspecified atom stereocenters. The molecule has 0 radical (unpaired) electrons. The van der Waals surface area contributed by atoms with Gasteiger partial charge in [-0.05, 0) is 51.1 Å². The van der Waals surface area contributed by atoms with E-state index in [-0.39, 0.29) is 11.8 Å². The van der Waals surface area contributed by atoms with E-state index in [9.17, 15) is 4.79 Å². The van der Waals surface area contributed by atoms with E-state index in [1.54, 1.807) is 0 Å². The number of nitrogens with zero attached hydrogens (tertiary/aromatic N) is 1. The molecule has 1 amide bonds. The molecule has 1 saturated heterocycles. The first-order valence-corrected chi connectivity index (χ1v) is 6.61. The van der Waals surface area contributed by atoms with Gasteiger partial charge in [0.2, 0.25) is 5.91 Å². The van der Waals surface area contributed by atoms with Crippen LogP contribution in [0.1, 0.15) is 17.5 Å². The van der Waals surface area contributed by atoms with Gasteiger partial charge in [0.15, 0.2) is 0 Å². The fourth-order valence-corrected chi connectivity index (χ4v) is 2.82. The van der Waals surface area contributed by atoms with E-state index in [0.717, 1.165) is 36.3 Å². The maximum absolute atomic E-state index is 12.2. The number of nitrogens with one attached hydrogen (secondary N) is 1. The minimum absolute atomic E-state index is 0.0757. The van der Waals surface area contributed by atoms with Crippen molar-refractivity contribution in [1.82, 2.24) is 4.90 Å². The number of likely N-dealkylation sites (tertiary alicyclic amines) is 1. The van der Waals surface area contributed by atoms with Gasteiger partial charge in [0.25, 0.3) is 0 Å². The van der Waals surface area contributed by atoms with Crippen molar-refractivity contribution in [2.24, 2.45) is 5.92 Å². The van der Waals surface area contributed by atoms with E-state index in [1.165, 1.54) is 0 Å². The van der Waals surface area contributed by atoms with Crippen LogP contribution in [0.3, 0.4) is 0 Å². The Morgan fingerprint density at radius 2 is 2.17 bits per heavy atom. The SMILES string of the molecule is Cc1cc(C)c(NC(=O)C2CCN(C)C2)c(Cl)c1. The van der Waals surface area contributed by atoms with Crippen molar-refractivity contribution in [3.05, 3.63) is 28.3 Å². The molecule has 0 aliphatic carbocycles. The molecule has 1 aromatic rings. The molecule has 0 aromatic heterocycles. The number of hydrogen-bond acceptors (Lipinski definition) is 2. The first kappa shape index (κ1) is 13.4. The number of anilines is 1. The van der Waals surface area contributed by atoms with Crippen molar-refractivity contribution in [1.29, 1.82) is 0 Å². The smallest absolute Gasteiger partial charge is 0.228 e. The third-order valence-electron chi connectivity index (χ3n) is 3.44. The number of carbonyl (C=O) groups is 1. The fourth-order valence-electron chi connectivity index (χ4n) is 2.45. The Morgan fingerprint density at radius 3 is 2.72 bits per heavy atom. The van der Waals surface area contributed by atoms with Crippen molar-refractivity contribution in [3.8, 4) is 0 Å². The van der Waals surface area contributed by atoms with Gasteiger partial charge >= 0.3 is 0 Å². The molecule has 4 heteroatoms. The normalized spacial score (nSPS) is 20.1. The number of benzene rings is 1. The largest absolute Gasteiger partial charge is 0.324 e. The summed E-state index contributed by atoms with van der Waals surface area (Å²) in [7, 11) is 2.04. The summed E-state index contributed by atoms with van der Waals surface area (Å²) in [6.07, 6.45) is 0.921. The number of amides is 1. The Hall–Kier alpha value is -1.06. The van der Waals surface area contributed by atoms with Crippen LogP contribution in [-0.4, -0.2) is 30.9 Å². The lowest BCUT2D eigenvalue weighted by molar-refractivity contribution is -0.119. The van der Waals surface area contributed by atoms with E-state index in [1.807, 2.05) is 33.0 Å². The molecule has 18 heavy (non-hydrogen) atoms. The van der Waals surface area contributed by atoms with Gasteiger partial charge in [-0.2, -0.15) is 0 Å². The summed E-state index contributed by atoms with van der Waals surface area (Å²) < 4.78 is 0. The van der Waals surface area contributed by atoms with Gasteiger partial charge in [-0.1, -0.05) is 17.7 Å². The van der Waals surface area contributed by atoms with Gasteiger partial charge in [0.1, 0.15) is 0 Å². The lowest BCUT2D eigenvalue weighted by Gasteiger charge is -2.15. The maximum Gasteiger partial charge on any atom is 0.228 e. The molecule has 0 bridgehead atoms. The molecule has 1 aliphatic rings. The van der Waals surface area contributed by atoms with Gasteiger partial charge in [-0.25, -0.2) is 0 Å². The van der Waals surface area contributed by atoms with Crippen molar-refractivity contribution in [3.63, 3.8) is 0 Å². The second kappa shape index (κ2) is 5.29. The molecule has 98 valence electrons. The highest BCUT2D eigenvalue weighted by Crippen LogP contribution is 2.28. The van der Waals surface area contributed by atoms with Crippen molar-refractivity contribution >= 4 is 23.2 Å². The summed E-state index contributed by atoms with van der Waals surface area (Å²) in [6.45, 7) is 5.78. The molecular formula is C14H19ClN2O. The van der Waals surface area contributed by atoms with Crippen molar-refractivity contribution in [2.75, 3.05) is 25.5 Å². The zero-order valence-electron chi connectivity index (χ0n) is 11.1. The molecule has 0 saturated carbocycles. The highest BCUT2D eigenvalue weighted by atomic mass is 35.5. The first-order chi connectivity index (χ1) is 8.47. The molecule has 1 N–H and O–H groups in total. The molecule has 1 atom stereocenters. The molecule has 2 rings (SSSR count). The van der Waals surface area contributed by atoms with Crippen LogP contribution in [0.15, 0.2) is 12.1 Å². The van der Waals surface area contributed by atoms with E-state index < -0.39 is 0 Å². The Morgan fingerprint density at radius 1 is 1.44 bits per heavy atom. The lowest BCUT2D eigenvalue weighted by Crippen LogP contribution is -2.25. The van der Waals surface area contributed by atoms with Crippen LogP contribution in [0.4, 0.5) is 5.69 Å². The summed E-state index contributed by atoms with van der Waals surface area (Å²) in [5.74, 6) is 0.153. The maximum atomic E-state index is 12.2. The van der Waals surface area contributed by atoms with Crippen molar-refractivity contribution < 1.29 is 4.79 Å². The third kappa shape index (κ3) is 2.85. The van der Waals surface area contributed by atoms with Crippen molar-refractivity contribution in [2.45, 2.75) is 20.3 Å². The van der Waals surface area contributed by atoms with Gasteiger partial charge in [-0.15, -0.1) is 0 Å². The lowest BCUT2D eigenvalue weighted by atomic mass is 10.1. The van der Waals surface area contributed by atoms with Crippen LogP contribution in [0.5, 0.6) is 0 Å². The van der Waals surface area contributed by atoms with E-state index in [0.29, 0.717) is 5.02 Å². The van der Waals surface area contributed by atoms with Crippen LogP contribution in [0, 0.1) is 19.8 Å². The number of aryl methyl sites for hydroxylation is 2. The number of hydrogen-bond donors (Lipinski definition) is 1. The zero-order valence-corrected chi connectivity index (χ0v) is 11.8. The summed E-state index contributed by atoms with van der Waals surface area (Å²) in [5, 5.41) is 3.59. The predicted molar refractivity (Wildman–Crippen MR) is 75.2 cm³/mol. The summed E-state index contributed by atoms with van der Waals surface area (Å²) in [4.78, 5) is 14.3. The first-order valence-electron chi connectivity index (χ1n) is 6.23. The van der Waals surface area contributed by atoms with Gasteiger partial charge in [0, 0.05) is 6.54 Å². The van der Waals surface area contributed by atoms with Crippen LogP contribution in [0.25, 0.3) is 0 Å². The molecule has 1 aromatic carbocycles. The monoisotopic (exact) mass is 266 g/mol. The van der Waals surface area contributed by atoms with E-state index in [4.69, 9.17) is 11.6 Å². The van der Waals surface area contributed by atoms with Gasteiger partial charge in [0.05, 0.1) is 16.6 Å². The second-order valence-electron chi connectivity index (χ2n) is 5.18. The van der Waals surface area contributed by atoms with Crippen LogP contribution >= 0.6 is 11.6 Å².